The predicted octanol–water partition coefficient (Wildman–Crippen LogP) is 0.317. The third-order valence-corrected chi connectivity index (χ3v) is 4.20. The number of aromatic nitrogens is 2. The van der Waals surface area contributed by atoms with Crippen LogP contribution in [0.25, 0.3) is 0 Å². The number of nitrogens with zero attached hydrogens (tertiary/aromatic N) is 3. The summed E-state index contributed by atoms with van der Waals surface area (Å²) < 4.78 is 0. The Morgan fingerprint density at radius 1 is 1.15 bits per heavy atom. The molecule has 6 nitrogen and oxygen atoms in total. The second-order valence-corrected chi connectivity index (χ2v) is 5.52. The van der Waals surface area contributed by atoms with E-state index in [-0.39, 0.29) is 11.5 Å². The molecule has 1 aliphatic heterocycles. The van der Waals surface area contributed by atoms with Gasteiger partial charge in [0.05, 0.1) is 5.69 Å². The molecule has 0 saturated carbocycles. The fourth-order valence-electron chi connectivity index (χ4n) is 2.97. The second-order valence-electron chi connectivity index (χ2n) is 5.52. The van der Waals surface area contributed by atoms with E-state index >= 15 is 0 Å². The number of hydrogen-bond donors (Lipinski definition) is 1. The van der Waals surface area contributed by atoms with Gasteiger partial charge in [0, 0.05) is 38.7 Å². The van der Waals surface area contributed by atoms with Crippen LogP contribution in [0.4, 0.5) is 5.95 Å². The van der Waals surface area contributed by atoms with Crippen LogP contribution in [0.5, 0.6) is 0 Å². The number of piperazine rings is 1. The average Bonchev–Trinajstić information content (AvgIpc) is 2.47. The van der Waals surface area contributed by atoms with Crippen LogP contribution in [0.3, 0.4) is 0 Å². The van der Waals surface area contributed by atoms with Gasteiger partial charge in [-0.1, -0.05) is 0 Å². The summed E-state index contributed by atoms with van der Waals surface area (Å²) in [7, 11) is 0. The monoisotopic (exact) mass is 276 g/mol. The summed E-state index contributed by atoms with van der Waals surface area (Å²) in [6.07, 6.45) is 3.94. The molecule has 0 spiro atoms. The molecule has 2 heterocycles. The largest absolute Gasteiger partial charge is 0.339 e. The van der Waals surface area contributed by atoms with Crippen molar-refractivity contribution < 1.29 is 4.79 Å². The summed E-state index contributed by atoms with van der Waals surface area (Å²) in [4.78, 5) is 34.9. The van der Waals surface area contributed by atoms with E-state index in [1.807, 2.05) is 4.90 Å². The molecular formula is C14H20N4O2. The van der Waals surface area contributed by atoms with Crippen LogP contribution in [-0.4, -0.2) is 47.0 Å². The van der Waals surface area contributed by atoms with Gasteiger partial charge in [-0.25, -0.2) is 4.98 Å². The highest BCUT2D eigenvalue weighted by Gasteiger charge is 2.22. The van der Waals surface area contributed by atoms with E-state index in [9.17, 15) is 9.59 Å². The lowest BCUT2D eigenvalue weighted by atomic mass is 9.97. The van der Waals surface area contributed by atoms with Crippen molar-refractivity contribution in [3.8, 4) is 0 Å². The smallest absolute Gasteiger partial charge is 0.255 e. The Morgan fingerprint density at radius 2 is 1.85 bits per heavy atom. The lowest BCUT2D eigenvalue weighted by Gasteiger charge is -2.34. The van der Waals surface area contributed by atoms with E-state index in [2.05, 4.69) is 14.9 Å². The Labute approximate surface area is 117 Å². The van der Waals surface area contributed by atoms with Gasteiger partial charge in [0.15, 0.2) is 0 Å². The molecule has 3 rings (SSSR count). The van der Waals surface area contributed by atoms with Crippen molar-refractivity contribution in [2.24, 2.45) is 0 Å². The van der Waals surface area contributed by atoms with Crippen LogP contribution >= 0.6 is 0 Å². The Hall–Kier alpha value is -1.85. The molecule has 1 aromatic heterocycles. The van der Waals surface area contributed by atoms with Crippen LogP contribution in [0.2, 0.25) is 0 Å². The molecule has 0 radical (unpaired) electrons. The molecule has 108 valence electrons. The standard InChI is InChI=1S/C14H20N4O2/c1-10(19)17-6-8-18(9-7-17)14-15-12-5-3-2-4-11(12)13(20)16-14/h2-9H2,1H3,(H,15,16,20). The SMILES string of the molecule is CC(=O)N1CCN(c2nc3c(c(=O)[nH]2)CCCC3)CC1. The molecule has 1 saturated heterocycles. The lowest BCUT2D eigenvalue weighted by molar-refractivity contribution is -0.129. The average molecular weight is 276 g/mol. The van der Waals surface area contributed by atoms with Crippen molar-refractivity contribution in [1.82, 2.24) is 14.9 Å². The molecule has 6 heteroatoms. The van der Waals surface area contributed by atoms with E-state index in [4.69, 9.17) is 0 Å². The molecule has 0 unspecified atom stereocenters. The first kappa shape index (κ1) is 13.1. The van der Waals surface area contributed by atoms with Gasteiger partial charge >= 0.3 is 0 Å². The number of aryl methyl sites for hydroxylation is 1. The van der Waals surface area contributed by atoms with Crippen LogP contribution < -0.4 is 10.5 Å². The fourth-order valence-corrected chi connectivity index (χ4v) is 2.97. The molecule has 2 aliphatic rings. The number of carbonyl (C=O) groups excluding carboxylic acids is 1. The van der Waals surface area contributed by atoms with Crippen LogP contribution in [0, 0.1) is 0 Å². The molecule has 0 aromatic carbocycles. The molecule has 0 bridgehead atoms. The van der Waals surface area contributed by atoms with Crippen LogP contribution in [-0.2, 0) is 17.6 Å². The first-order valence-corrected chi connectivity index (χ1v) is 7.27. The summed E-state index contributed by atoms with van der Waals surface area (Å²) in [6, 6.07) is 0. The van der Waals surface area contributed by atoms with Crippen molar-refractivity contribution in [2.75, 3.05) is 31.1 Å². The maximum Gasteiger partial charge on any atom is 0.255 e. The van der Waals surface area contributed by atoms with Crippen molar-refractivity contribution in [3.63, 3.8) is 0 Å². The molecule has 20 heavy (non-hydrogen) atoms. The zero-order valence-corrected chi connectivity index (χ0v) is 11.8. The van der Waals surface area contributed by atoms with Crippen molar-refractivity contribution in [1.29, 1.82) is 0 Å². The Morgan fingerprint density at radius 3 is 2.55 bits per heavy atom. The quantitative estimate of drug-likeness (QED) is 0.802. The molecule has 1 fully saturated rings. The number of amides is 1. The van der Waals surface area contributed by atoms with E-state index in [0.717, 1.165) is 50.0 Å². The Bertz CT molecular complexity index is 573. The number of rotatable bonds is 1. The highest BCUT2D eigenvalue weighted by molar-refractivity contribution is 5.73. The molecule has 1 aromatic rings. The first-order chi connectivity index (χ1) is 9.65. The van der Waals surface area contributed by atoms with Gasteiger partial charge in [-0.2, -0.15) is 0 Å². The number of carbonyl (C=O) groups is 1. The van der Waals surface area contributed by atoms with Crippen molar-refractivity contribution >= 4 is 11.9 Å². The van der Waals surface area contributed by atoms with Gasteiger partial charge in [0.2, 0.25) is 11.9 Å². The summed E-state index contributed by atoms with van der Waals surface area (Å²) in [5.41, 5.74) is 1.84. The molecule has 1 aliphatic carbocycles. The topological polar surface area (TPSA) is 69.3 Å². The maximum atomic E-state index is 12.1. The predicted molar refractivity (Wildman–Crippen MR) is 76.0 cm³/mol. The number of nitrogens with one attached hydrogen (secondary N) is 1. The second kappa shape index (κ2) is 5.26. The number of aromatic amines is 1. The van der Waals surface area contributed by atoms with E-state index in [0.29, 0.717) is 19.0 Å². The zero-order chi connectivity index (χ0) is 14.1. The van der Waals surface area contributed by atoms with Gasteiger partial charge < -0.3 is 9.80 Å². The Balaban J connectivity index is 1.80. The third kappa shape index (κ3) is 2.42. The van der Waals surface area contributed by atoms with Crippen molar-refractivity contribution in [3.05, 3.63) is 21.6 Å². The minimum atomic E-state index is 0.0127. The molecule has 1 N–H and O–H groups in total. The highest BCUT2D eigenvalue weighted by Crippen LogP contribution is 2.18. The minimum Gasteiger partial charge on any atom is -0.339 e. The summed E-state index contributed by atoms with van der Waals surface area (Å²) in [6.45, 7) is 4.42. The highest BCUT2D eigenvalue weighted by atomic mass is 16.2. The van der Waals surface area contributed by atoms with Crippen LogP contribution in [0.1, 0.15) is 31.0 Å². The fraction of sp³-hybridized carbons (Fsp3) is 0.643. The Kier molecular flexibility index (Phi) is 3.46. The normalized spacial score (nSPS) is 18.9. The van der Waals surface area contributed by atoms with Gasteiger partial charge in [0.1, 0.15) is 0 Å². The number of fused-ring (bicyclic) bond motifs is 1. The van der Waals surface area contributed by atoms with Gasteiger partial charge in [0.25, 0.3) is 5.56 Å². The molecular weight excluding hydrogens is 256 g/mol. The number of hydrogen-bond acceptors (Lipinski definition) is 4. The van der Waals surface area contributed by atoms with E-state index in [1.54, 1.807) is 6.92 Å². The van der Waals surface area contributed by atoms with E-state index in [1.165, 1.54) is 0 Å². The third-order valence-electron chi connectivity index (χ3n) is 4.20. The van der Waals surface area contributed by atoms with Crippen LogP contribution in [0.15, 0.2) is 4.79 Å². The van der Waals surface area contributed by atoms with Gasteiger partial charge in [-0.05, 0) is 25.7 Å². The maximum absolute atomic E-state index is 12.1. The van der Waals surface area contributed by atoms with E-state index < -0.39 is 0 Å². The summed E-state index contributed by atoms with van der Waals surface area (Å²) >= 11 is 0. The van der Waals surface area contributed by atoms with Gasteiger partial charge in [-0.15, -0.1) is 0 Å². The number of H-pyrrole nitrogens is 1. The van der Waals surface area contributed by atoms with Crippen molar-refractivity contribution in [2.45, 2.75) is 32.6 Å². The first-order valence-electron chi connectivity index (χ1n) is 7.27. The number of anilines is 1. The summed E-state index contributed by atoms with van der Waals surface area (Å²) in [5, 5.41) is 0. The molecule has 0 atom stereocenters. The zero-order valence-electron chi connectivity index (χ0n) is 11.8. The molecule has 1 amide bonds. The minimum absolute atomic E-state index is 0.0127. The lowest BCUT2D eigenvalue weighted by Crippen LogP contribution is -2.49. The van der Waals surface area contributed by atoms with Gasteiger partial charge in [-0.3, -0.25) is 14.6 Å². The summed E-state index contributed by atoms with van der Waals surface area (Å²) in [5.74, 6) is 0.774.